The van der Waals surface area contributed by atoms with E-state index in [0.717, 1.165) is 24.1 Å². The number of carbonyl (C=O) groups excluding carboxylic acids is 2. The number of thioether (sulfide) groups is 1. The van der Waals surface area contributed by atoms with Gasteiger partial charge in [-0.3, -0.25) is 9.59 Å². The fourth-order valence-electron chi connectivity index (χ4n) is 3.18. The maximum absolute atomic E-state index is 12.6. The van der Waals surface area contributed by atoms with Gasteiger partial charge in [-0.1, -0.05) is 25.1 Å². The molecule has 2 aliphatic heterocycles. The Hall–Kier alpha value is -1.49. The van der Waals surface area contributed by atoms with E-state index < -0.39 is 0 Å². The van der Waals surface area contributed by atoms with E-state index in [2.05, 4.69) is 19.2 Å². The van der Waals surface area contributed by atoms with Crippen LogP contribution in [0, 0.1) is 0 Å². The first kappa shape index (κ1) is 14.4. The summed E-state index contributed by atoms with van der Waals surface area (Å²) >= 11 is 1.72. The van der Waals surface area contributed by atoms with Crippen molar-refractivity contribution >= 4 is 29.3 Å². The number of hydrogen-bond acceptors (Lipinski definition) is 3. The van der Waals surface area contributed by atoms with Crippen molar-refractivity contribution in [2.75, 3.05) is 11.1 Å². The van der Waals surface area contributed by atoms with Crippen LogP contribution in [0.3, 0.4) is 0 Å². The largest absolute Gasteiger partial charge is 0.324 e. The monoisotopic (exact) mass is 304 g/mol. The van der Waals surface area contributed by atoms with Gasteiger partial charge in [-0.25, -0.2) is 0 Å². The van der Waals surface area contributed by atoms with Crippen molar-refractivity contribution in [3.8, 4) is 0 Å². The molecule has 112 valence electrons. The van der Waals surface area contributed by atoms with Crippen molar-refractivity contribution in [1.29, 1.82) is 0 Å². The van der Waals surface area contributed by atoms with Gasteiger partial charge in [0, 0.05) is 17.9 Å². The molecule has 0 spiro atoms. The molecule has 1 aromatic rings. The Morgan fingerprint density at radius 2 is 2.24 bits per heavy atom. The Morgan fingerprint density at radius 3 is 3.00 bits per heavy atom. The average molecular weight is 304 g/mol. The number of hydrogen-bond donors (Lipinski definition) is 1. The standard InChI is InChI=1S/C16H20N2O2S/c1-3-11-6-4-5-7-12(11)17-15(20)13-10-21-16(2)9-8-14(19)18(13)16/h4-7,13H,3,8-10H2,1-2H3,(H,17,20)/t13-,16+/m1/s1. The number of nitrogens with zero attached hydrogens (tertiary/aromatic N) is 1. The van der Waals surface area contributed by atoms with Crippen LogP contribution in [0.4, 0.5) is 5.69 Å². The molecule has 2 atom stereocenters. The van der Waals surface area contributed by atoms with Gasteiger partial charge in [0.25, 0.3) is 0 Å². The highest BCUT2D eigenvalue weighted by molar-refractivity contribution is 8.01. The molecule has 0 aliphatic carbocycles. The summed E-state index contributed by atoms with van der Waals surface area (Å²) in [5.41, 5.74) is 1.97. The molecule has 2 saturated heterocycles. The predicted octanol–water partition coefficient (Wildman–Crippen LogP) is 2.64. The van der Waals surface area contributed by atoms with E-state index in [1.54, 1.807) is 16.7 Å². The maximum Gasteiger partial charge on any atom is 0.248 e. The second-order valence-electron chi connectivity index (χ2n) is 5.77. The molecule has 3 rings (SSSR count). The second-order valence-corrected chi connectivity index (χ2v) is 7.27. The number of rotatable bonds is 3. The van der Waals surface area contributed by atoms with Gasteiger partial charge in [0.15, 0.2) is 0 Å². The minimum Gasteiger partial charge on any atom is -0.324 e. The molecule has 1 aromatic carbocycles. The fraction of sp³-hybridized carbons (Fsp3) is 0.500. The fourth-order valence-corrected chi connectivity index (χ4v) is 4.61. The minimum absolute atomic E-state index is 0.0672. The Morgan fingerprint density at radius 1 is 1.48 bits per heavy atom. The Balaban J connectivity index is 1.79. The van der Waals surface area contributed by atoms with E-state index >= 15 is 0 Å². The molecule has 0 saturated carbocycles. The first-order chi connectivity index (χ1) is 10.0. The van der Waals surface area contributed by atoms with Crippen molar-refractivity contribution in [2.45, 2.75) is 44.0 Å². The Bertz CT molecular complexity index is 589. The molecular weight excluding hydrogens is 284 g/mol. The average Bonchev–Trinajstić information content (AvgIpc) is 2.97. The van der Waals surface area contributed by atoms with Gasteiger partial charge in [-0.2, -0.15) is 0 Å². The van der Waals surface area contributed by atoms with Crippen molar-refractivity contribution in [2.24, 2.45) is 0 Å². The summed E-state index contributed by atoms with van der Waals surface area (Å²) in [7, 11) is 0. The number of aryl methyl sites for hydroxylation is 1. The highest BCUT2D eigenvalue weighted by atomic mass is 32.2. The first-order valence-electron chi connectivity index (χ1n) is 7.40. The van der Waals surface area contributed by atoms with Gasteiger partial charge in [-0.15, -0.1) is 11.8 Å². The van der Waals surface area contributed by atoms with Crippen LogP contribution in [-0.4, -0.2) is 33.4 Å². The van der Waals surface area contributed by atoms with E-state index in [9.17, 15) is 9.59 Å². The first-order valence-corrected chi connectivity index (χ1v) is 8.38. The van der Waals surface area contributed by atoms with E-state index in [0.29, 0.717) is 12.2 Å². The molecule has 1 N–H and O–H groups in total. The Labute approximate surface area is 129 Å². The van der Waals surface area contributed by atoms with Gasteiger partial charge < -0.3 is 10.2 Å². The van der Waals surface area contributed by atoms with Crippen molar-refractivity contribution < 1.29 is 9.59 Å². The molecule has 0 unspecified atom stereocenters. The molecule has 2 aliphatic rings. The number of benzene rings is 1. The number of fused-ring (bicyclic) bond motifs is 1. The highest BCUT2D eigenvalue weighted by Crippen LogP contribution is 2.47. The second kappa shape index (κ2) is 5.37. The summed E-state index contributed by atoms with van der Waals surface area (Å²) in [4.78, 5) is 26.3. The topological polar surface area (TPSA) is 49.4 Å². The molecule has 21 heavy (non-hydrogen) atoms. The van der Waals surface area contributed by atoms with Gasteiger partial charge in [0.05, 0.1) is 4.87 Å². The van der Waals surface area contributed by atoms with Crippen LogP contribution < -0.4 is 5.32 Å². The number of carbonyl (C=O) groups is 2. The number of amides is 2. The van der Waals surface area contributed by atoms with Crippen LogP contribution in [0.5, 0.6) is 0 Å². The van der Waals surface area contributed by atoms with Crippen LogP contribution in [0.15, 0.2) is 24.3 Å². The van der Waals surface area contributed by atoms with E-state index in [1.165, 1.54) is 0 Å². The van der Waals surface area contributed by atoms with Crippen LogP contribution in [0.25, 0.3) is 0 Å². The lowest BCUT2D eigenvalue weighted by molar-refractivity contribution is -0.135. The summed E-state index contributed by atoms with van der Waals surface area (Å²) in [5.74, 6) is 0.719. The highest BCUT2D eigenvalue weighted by Gasteiger charge is 2.52. The number of anilines is 1. The normalized spacial score (nSPS) is 27.8. The Kier molecular flexibility index (Phi) is 3.69. The summed E-state index contributed by atoms with van der Waals surface area (Å²) in [5, 5.41) is 3.01. The van der Waals surface area contributed by atoms with Crippen LogP contribution >= 0.6 is 11.8 Å². The molecule has 2 amide bonds. The predicted molar refractivity (Wildman–Crippen MR) is 85.2 cm³/mol. The van der Waals surface area contributed by atoms with E-state index in [4.69, 9.17) is 0 Å². The van der Waals surface area contributed by atoms with Crippen molar-refractivity contribution in [3.05, 3.63) is 29.8 Å². The molecule has 0 aromatic heterocycles. The molecule has 4 nitrogen and oxygen atoms in total. The summed E-state index contributed by atoms with van der Waals surface area (Å²) in [6.45, 7) is 4.13. The summed E-state index contributed by atoms with van der Waals surface area (Å²) in [6.07, 6.45) is 2.26. The number of nitrogens with one attached hydrogen (secondary N) is 1. The third kappa shape index (κ3) is 2.44. The van der Waals surface area contributed by atoms with Gasteiger partial charge in [0.1, 0.15) is 6.04 Å². The zero-order chi connectivity index (χ0) is 15.0. The lowest BCUT2D eigenvalue weighted by Crippen LogP contribution is -2.48. The SMILES string of the molecule is CCc1ccccc1NC(=O)[C@H]1CS[C@@]2(C)CCC(=O)N12. The molecule has 2 fully saturated rings. The quantitative estimate of drug-likeness (QED) is 0.934. The third-order valence-corrected chi connectivity index (χ3v) is 5.91. The van der Waals surface area contributed by atoms with Gasteiger partial charge in [-0.05, 0) is 31.4 Å². The van der Waals surface area contributed by atoms with Crippen molar-refractivity contribution in [3.63, 3.8) is 0 Å². The van der Waals surface area contributed by atoms with Crippen molar-refractivity contribution in [1.82, 2.24) is 4.90 Å². The molecule has 2 heterocycles. The number of para-hydroxylation sites is 1. The van der Waals surface area contributed by atoms with Crippen LogP contribution in [0.1, 0.15) is 32.3 Å². The third-order valence-electron chi connectivity index (χ3n) is 4.40. The summed E-state index contributed by atoms with van der Waals surface area (Å²) in [6, 6.07) is 7.48. The molecule has 5 heteroatoms. The zero-order valence-electron chi connectivity index (χ0n) is 12.4. The molecule has 0 bridgehead atoms. The smallest absolute Gasteiger partial charge is 0.248 e. The van der Waals surface area contributed by atoms with Gasteiger partial charge >= 0.3 is 0 Å². The lowest BCUT2D eigenvalue weighted by Gasteiger charge is -2.30. The maximum atomic E-state index is 12.6. The van der Waals surface area contributed by atoms with E-state index in [-0.39, 0.29) is 22.7 Å². The minimum atomic E-state index is -0.347. The molecular formula is C16H20N2O2S. The lowest BCUT2D eigenvalue weighted by atomic mass is 10.1. The van der Waals surface area contributed by atoms with E-state index in [1.807, 2.05) is 24.3 Å². The zero-order valence-corrected chi connectivity index (χ0v) is 13.2. The molecule has 0 radical (unpaired) electrons. The summed E-state index contributed by atoms with van der Waals surface area (Å²) < 4.78 is 0. The van der Waals surface area contributed by atoms with Crippen LogP contribution in [-0.2, 0) is 16.0 Å². The van der Waals surface area contributed by atoms with Gasteiger partial charge in [0.2, 0.25) is 11.8 Å². The van der Waals surface area contributed by atoms with Crippen LogP contribution in [0.2, 0.25) is 0 Å².